The molecule has 0 saturated heterocycles. The van der Waals surface area contributed by atoms with Crippen molar-refractivity contribution < 1.29 is 0 Å². The first-order valence-corrected chi connectivity index (χ1v) is 8.91. The fourth-order valence-corrected chi connectivity index (χ4v) is 3.60. The first kappa shape index (κ1) is 15.0. The summed E-state index contributed by atoms with van der Waals surface area (Å²) >= 11 is 0. The number of benzene rings is 3. The molecule has 0 fully saturated rings. The Morgan fingerprint density at radius 1 is 0.792 bits per heavy atom. The van der Waals surface area contributed by atoms with Crippen LogP contribution in [0.2, 0.25) is 0 Å². The van der Waals surface area contributed by atoms with Gasteiger partial charge in [-0.2, -0.15) is 0 Å². The minimum absolute atomic E-state index is 1.04. The molecule has 0 aliphatic heterocycles. The van der Waals surface area contributed by atoms with Gasteiger partial charge in [-0.3, -0.25) is 0 Å². The van der Waals surface area contributed by atoms with Gasteiger partial charge in [0.2, 0.25) is 0 Å². The average Bonchev–Trinajstić information content (AvgIpc) is 3.01. The predicted octanol–water partition coefficient (Wildman–Crippen LogP) is 6.14. The molecule has 1 heteroatoms. The molecule has 1 nitrogen and oxygen atoms in total. The van der Waals surface area contributed by atoms with Crippen LogP contribution < -0.4 is 5.32 Å². The van der Waals surface area contributed by atoms with Gasteiger partial charge in [0.15, 0.2) is 0 Å². The van der Waals surface area contributed by atoms with Gasteiger partial charge in [0.25, 0.3) is 0 Å². The lowest BCUT2D eigenvalue weighted by molar-refractivity contribution is 0.834. The van der Waals surface area contributed by atoms with E-state index in [1.165, 1.54) is 51.9 Å². The van der Waals surface area contributed by atoms with E-state index >= 15 is 0 Å². The summed E-state index contributed by atoms with van der Waals surface area (Å²) in [7, 11) is 0. The van der Waals surface area contributed by atoms with Crippen LogP contribution in [0, 0.1) is 0 Å². The molecule has 0 unspecified atom stereocenters. The highest BCUT2D eigenvalue weighted by molar-refractivity contribution is 5.84. The van der Waals surface area contributed by atoms with Crippen molar-refractivity contribution in [3.63, 3.8) is 0 Å². The van der Waals surface area contributed by atoms with E-state index in [9.17, 15) is 0 Å². The minimum Gasteiger partial charge on any atom is -0.385 e. The maximum absolute atomic E-state index is 3.49. The molecule has 4 rings (SSSR count). The van der Waals surface area contributed by atoms with Crippen molar-refractivity contribution in [3.05, 3.63) is 77.9 Å². The molecule has 0 saturated carbocycles. The second-order valence-corrected chi connectivity index (χ2v) is 6.52. The molecule has 120 valence electrons. The highest BCUT2D eigenvalue weighted by atomic mass is 14.9. The first-order valence-electron chi connectivity index (χ1n) is 8.91. The molecule has 1 aliphatic rings. The van der Waals surface area contributed by atoms with Gasteiger partial charge in [0, 0.05) is 12.2 Å². The first-order chi connectivity index (χ1) is 11.9. The second-order valence-electron chi connectivity index (χ2n) is 6.52. The lowest BCUT2D eigenvalue weighted by atomic mass is 9.95. The number of hydrogen-bond donors (Lipinski definition) is 1. The lowest BCUT2D eigenvalue weighted by Gasteiger charge is -2.11. The van der Waals surface area contributed by atoms with Crippen LogP contribution in [-0.4, -0.2) is 6.54 Å². The summed E-state index contributed by atoms with van der Waals surface area (Å²) in [4.78, 5) is 0. The number of nitrogens with one attached hydrogen (secondary N) is 1. The van der Waals surface area contributed by atoms with Crippen molar-refractivity contribution in [2.45, 2.75) is 26.2 Å². The largest absolute Gasteiger partial charge is 0.385 e. The fraction of sp³-hybridized carbons (Fsp3) is 0.217. The smallest absolute Gasteiger partial charge is 0.0340 e. The molecule has 3 aromatic rings. The van der Waals surface area contributed by atoms with E-state index in [1.807, 2.05) is 0 Å². The van der Waals surface area contributed by atoms with Gasteiger partial charge >= 0.3 is 0 Å². The summed E-state index contributed by atoms with van der Waals surface area (Å²) in [6, 6.07) is 24.3. The van der Waals surface area contributed by atoms with Gasteiger partial charge in [-0.15, -0.1) is 0 Å². The van der Waals surface area contributed by atoms with E-state index in [1.54, 1.807) is 0 Å². The average molecular weight is 313 g/mol. The Morgan fingerprint density at radius 3 is 2.38 bits per heavy atom. The molecular formula is C23H23N. The predicted molar refractivity (Wildman–Crippen MR) is 104 cm³/mol. The van der Waals surface area contributed by atoms with Crippen LogP contribution in [-0.2, 0) is 6.42 Å². The van der Waals surface area contributed by atoms with E-state index in [0.29, 0.717) is 0 Å². The van der Waals surface area contributed by atoms with E-state index in [0.717, 1.165) is 13.0 Å². The highest BCUT2D eigenvalue weighted by Gasteiger charge is 2.20. The van der Waals surface area contributed by atoms with Crippen LogP contribution in [0.25, 0.3) is 22.3 Å². The van der Waals surface area contributed by atoms with Crippen molar-refractivity contribution in [2.24, 2.45) is 0 Å². The monoisotopic (exact) mass is 313 g/mol. The zero-order valence-corrected chi connectivity index (χ0v) is 14.2. The Balaban J connectivity index is 1.64. The number of rotatable bonds is 5. The maximum atomic E-state index is 3.49. The van der Waals surface area contributed by atoms with Crippen molar-refractivity contribution in [1.82, 2.24) is 0 Å². The molecule has 0 aromatic heterocycles. The van der Waals surface area contributed by atoms with Gasteiger partial charge in [-0.05, 0) is 58.4 Å². The van der Waals surface area contributed by atoms with Crippen molar-refractivity contribution in [3.8, 4) is 22.3 Å². The molecule has 1 aliphatic carbocycles. The molecule has 0 bridgehead atoms. The number of hydrogen-bond acceptors (Lipinski definition) is 1. The fourth-order valence-electron chi connectivity index (χ4n) is 3.60. The normalized spacial score (nSPS) is 11.9. The van der Waals surface area contributed by atoms with Gasteiger partial charge in [0.1, 0.15) is 0 Å². The Morgan fingerprint density at radius 2 is 1.54 bits per heavy atom. The van der Waals surface area contributed by atoms with Crippen LogP contribution in [0.5, 0.6) is 0 Å². The molecule has 0 heterocycles. The third kappa shape index (κ3) is 2.71. The summed E-state index contributed by atoms with van der Waals surface area (Å²) in [6.45, 7) is 3.27. The molecule has 1 N–H and O–H groups in total. The summed E-state index contributed by atoms with van der Waals surface area (Å²) in [6.07, 6.45) is 3.48. The second kappa shape index (κ2) is 6.52. The van der Waals surface area contributed by atoms with Gasteiger partial charge in [0.05, 0.1) is 0 Å². The third-order valence-electron chi connectivity index (χ3n) is 4.91. The van der Waals surface area contributed by atoms with Crippen LogP contribution in [0.1, 0.15) is 30.9 Å². The van der Waals surface area contributed by atoms with Crippen molar-refractivity contribution in [1.29, 1.82) is 0 Å². The minimum atomic E-state index is 1.04. The third-order valence-corrected chi connectivity index (χ3v) is 4.91. The maximum Gasteiger partial charge on any atom is 0.0340 e. The summed E-state index contributed by atoms with van der Waals surface area (Å²) in [5, 5.41) is 3.49. The van der Waals surface area contributed by atoms with Crippen molar-refractivity contribution >= 4 is 5.69 Å². The number of unbranched alkanes of at least 4 members (excludes halogenated alkanes) is 1. The molecular weight excluding hydrogens is 290 g/mol. The zero-order valence-electron chi connectivity index (χ0n) is 14.2. The molecule has 0 amide bonds. The molecule has 0 radical (unpaired) electrons. The van der Waals surface area contributed by atoms with Crippen LogP contribution in [0.3, 0.4) is 0 Å². The van der Waals surface area contributed by atoms with Crippen LogP contribution in [0.15, 0.2) is 66.7 Å². The SMILES string of the molecule is CCCCNc1ccc(-c2cccc3c2Cc2ccccc2-3)cc1. The highest BCUT2D eigenvalue weighted by Crippen LogP contribution is 2.41. The topological polar surface area (TPSA) is 12.0 Å². The Bertz CT molecular complexity index is 846. The molecule has 0 spiro atoms. The van der Waals surface area contributed by atoms with Gasteiger partial charge in [-0.1, -0.05) is 67.9 Å². The van der Waals surface area contributed by atoms with E-state index in [4.69, 9.17) is 0 Å². The van der Waals surface area contributed by atoms with Gasteiger partial charge in [-0.25, -0.2) is 0 Å². The zero-order chi connectivity index (χ0) is 16.4. The molecule has 0 atom stereocenters. The summed E-state index contributed by atoms with van der Waals surface area (Å²) in [5.74, 6) is 0. The van der Waals surface area contributed by atoms with Gasteiger partial charge < -0.3 is 5.32 Å². The number of fused-ring (bicyclic) bond motifs is 3. The Kier molecular flexibility index (Phi) is 4.08. The summed E-state index contributed by atoms with van der Waals surface area (Å²) < 4.78 is 0. The van der Waals surface area contributed by atoms with E-state index in [2.05, 4.69) is 79.0 Å². The van der Waals surface area contributed by atoms with E-state index < -0.39 is 0 Å². The van der Waals surface area contributed by atoms with Crippen LogP contribution in [0.4, 0.5) is 5.69 Å². The van der Waals surface area contributed by atoms with Crippen molar-refractivity contribution in [2.75, 3.05) is 11.9 Å². The van der Waals surface area contributed by atoms with Crippen LogP contribution >= 0.6 is 0 Å². The lowest BCUT2D eigenvalue weighted by Crippen LogP contribution is -2.00. The van der Waals surface area contributed by atoms with E-state index in [-0.39, 0.29) is 0 Å². The molecule has 24 heavy (non-hydrogen) atoms. The standard InChI is InChI=1S/C23H23N/c1-2-3-15-24-19-13-11-17(12-14-19)20-9-6-10-22-21-8-5-4-7-18(21)16-23(20)22/h4-14,24H,2-3,15-16H2,1H3. The quantitative estimate of drug-likeness (QED) is 0.437. The molecule has 3 aromatic carbocycles. The Labute approximate surface area is 144 Å². The summed E-state index contributed by atoms with van der Waals surface area (Å²) in [5.41, 5.74) is 9.58. The number of anilines is 1. The Hall–Kier alpha value is -2.54.